The van der Waals surface area contributed by atoms with Crippen LogP contribution in [0.25, 0.3) is 22.3 Å². The molecular formula is C17H17IN6O2S. The number of rotatable bonds is 5. The zero-order chi connectivity index (χ0) is 19.2. The average molecular weight is 496 g/mol. The lowest BCUT2D eigenvalue weighted by atomic mass is 9.89. The van der Waals surface area contributed by atoms with E-state index < -0.39 is 15.6 Å². The van der Waals surface area contributed by atoms with Crippen LogP contribution in [0.3, 0.4) is 0 Å². The minimum Gasteiger partial charge on any atom is -0.346 e. The van der Waals surface area contributed by atoms with Gasteiger partial charge in [0.15, 0.2) is 0 Å². The molecule has 0 saturated carbocycles. The summed E-state index contributed by atoms with van der Waals surface area (Å²) >= 11 is 1.86. The second kappa shape index (κ2) is 6.57. The van der Waals surface area contributed by atoms with E-state index in [1.807, 2.05) is 58.7 Å². The van der Waals surface area contributed by atoms with Gasteiger partial charge in [0.2, 0.25) is 10.0 Å². The average Bonchev–Trinajstić information content (AvgIpc) is 3.24. The number of alkyl halides is 1. The Morgan fingerprint density at radius 1 is 1.37 bits per heavy atom. The van der Waals surface area contributed by atoms with Crippen LogP contribution in [-0.2, 0) is 15.6 Å². The summed E-state index contributed by atoms with van der Waals surface area (Å²) in [5.74, 6) is 0. The second-order valence-electron chi connectivity index (χ2n) is 6.77. The van der Waals surface area contributed by atoms with E-state index in [9.17, 15) is 13.7 Å². The lowest BCUT2D eigenvalue weighted by Crippen LogP contribution is -2.63. The Bertz CT molecular complexity index is 1150. The number of aryl methyl sites for hydroxylation is 1. The van der Waals surface area contributed by atoms with Crippen molar-refractivity contribution >= 4 is 43.6 Å². The summed E-state index contributed by atoms with van der Waals surface area (Å²) in [6.45, 7) is 2.61. The van der Waals surface area contributed by atoms with Crippen LogP contribution in [0.15, 0.2) is 31.0 Å². The Balaban J connectivity index is 1.74. The number of nitriles is 1. The van der Waals surface area contributed by atoms with Crippen molar-refractivity contribution in [3.05, 3.63) is 36.5 Å². The first kappa shape index (κ1) is 18.4. The monoisotopic (exact) mass is 496 g/mol. The van der Waals surface area contributed by atoms with Crippen LogP contribution in [-0.4, -0.2) is 49.1 Å². The van der Waals surface area contributed by atoms with E-state index in [1.54, 1.807) is 0 Å². The summed E-state index contributed by atoms with van der Waals surface area (Å²) in [7, 11) is -3.26. The highest BCUT2D eigenvalue weighted by Crippen LogP contribution is 2.38. The third-order valence-electron chi connectivity index (χ3n) is 5.06. The summed E-state index contributed by atoms with van der Waals surface area (Å²) in [6.07, 6.45) is 7.53. The minimum absolute atomic E-state index is 0.0375. The van der Waals surface area contributed by atoms with E-state index in [1.165, 1.54) is 10.6 Å². The first-order chi connectivity index (χ1) is 12.9. The summed E-state index contributed by atoms with van der Waals surface area (Å²) < 4.78 is 27.7. The number of nitrogens with one attached hydrogen (secondary N) is 1. The number of hydrogen-bond donors (Lipinski definition) is 1. The third kappa shape index (κ3) is 2.94. The normalized spacial score (nSPS) is 16.9. The summed E-state index contributed by atoms with van der Waals surface area (Å²) in [5, 5.41) is 10.2. The zero-order valence-corrected chi connectivity index (χ0v) is 17.5. The molecule has 27 heavy (non-hydrogen) atoms. The molecule has 0 radical (unpaired) electrons. The van der Waals surface area contributed by atoms with E-state index in [4.69, 9.17) is 0 Å². The second-order valence-corrected chi connectivity index (χ2v) is 10.5. The van der Waals surface area contributed by atoms with Crippen molar-refractivity contribution < 1.29 is 8.42 Å². The molecule has 10 heteroatoms. The van der Waals surface area contributed by atoms with Crippen molar-refractivity contribution in [3.8, 4) is 17.3 Å². The first-order valence-corrected chi connectivity index (χ1v) is 11.4. The van der Waals surface area contributed by atoms with Gasteiger partial charge in [-0.05, 0) is 18.6 Å². The standard InChI is InChI=1S/C17H17IN6O2S/c1-12-6-23(17(3-4-19)8-24(9-17)27(25,26)10-18)7-14(12)15-13-2-5-20-16(13)22-11-21-15/h2,5-7,11H,3,8-10H2,1H3,(H,20,21,22). The molecule has 3 aromatic rings. The van der Waals surface area contributed by atoms with Crippen molar-refractivity contribution in [1.82, 2.24) is 23.8 Å². The van der Waals surface area contributed by atoms with Gasteiger partial charge in [0.25, 0.3) is 0 Å². The van der Waals surface area contributed by atoms with Gasteiger partial charge in [0, 0.05) is 42.6 Å². The molecule has 1 aliphatic rings. The number of halogens is 1. The Morgan fingerprint density at radius 2 is 2.15 bits per heavy atom. The molecule has 0 aromatic carbocycles. The molecule has 1 N–H and O–H groups in total. The van der Waals surface area contributed by atoms with E-state index >= 15 is 0 Å². The molecule has 1 aliphatic heterocycles. The molecule has 1 saturated heterocycles. The van der Waals surface area contributed by atoms with Gasteiger partial charge in [-0.15, -0.1) is 0 Å². The number of fused-ring (bicyclic) bond motifs is 1. The highest BCUT2D eigenvalue weighted by molar-refractivity contribution is 14.1. The van der Waals surface area contributed by atoms with Crippen molar-refractivity contribution in [2.75, 3.05) is 16.8 Å². The largest absolute Gasteiger partial charge is 0.346 e. The van der Waals surface area contributed by atoms with Crippen LogP contribution >= 0.6 is 22.6 Å². The molecule has 0 spiro atoms. The smallest absolute Gasteiger partial charge is 0.223 e. The van der Waals surface area contributed by atoms with E-state index in [2.05, 4.69) is 21.0 Å². The number of aromatic amines is 1. The zero-order valence-electron chi connectivity index (χ0n) is 14.6. The topological polar surface area (TPSA) is 108 Å². The molecular weight excluding hydrogens is 479 g/mol. The SMILES string of the molecule is Cc1cn(C2(CC#N)CN(S(=O)(=O)CI)C2)cc1-c1ncnc2[nH]ccc12. The molecule has 1 fully saturated rings. The molecule has 0 amide bonds. The van der Waals surface area contributed by atoms with Gasteiger partial charge in [0.05, 0.1) is 23.7 Å². The third-order valence-corrected chi connectivity index (χ3v) is 8.75. The number of nitrogens with zero attached hydrogens (tertiary/aromatic N) is 5. The molecule has 0 aliphatic carbocycles. The summed E-state index contributed by atoms with van der Waals surface area (Å²) in [6, 6.07) is 4.15. The van der Waals surface area contributed by atoms with E-state index in [0.717, 1.165) is 27.9 Å². The van der Waals surface area contributed by atoms with Crippen molar-refractivity contribution in [1.29, 1.82) is 5.26 Å². The molecule has 0 unspecified atom stereocenters. The number of aromatic nitrogens is 4. The van der Waals surface area contributed by atoms with E-state index in [0.29, 0.717) is 13.1 Å². The fourth-order valence-electron chi connectivity index (χ4n) is 3.55. The maximum absolute atomic E-state index is 12.1. The van der Waals surface area contributed by atoms with Crippen LogP contribution in [0, 0.1) is 18.3 Å². The lowest BCUT2D eigenvalue weighted by Gasteiger charge is -2.48. The van der Waals surface area contributed by atoms with Crippen LogP contribution in [0.4, 0.5) is 0 Å². The van der Waals surface area contributed by atoms with Gasteiger partial charge in [-0.1, -0.05) is 22.6 Å². The van der Waals surface area contributed by atoms with Crippen molar-refractivity contribution in [2.45, 2.75) is 18.9 Å². The van der Waals surface area contributed by atoms with Crippen LogP contribution in [0.5, 0.6) is 0 Å². The fraction of sp³-hybridized carbons (Fsp3) is 0.353. The van der Waals surface area contributed by atoms with E-state index in [-0.39, 0.29) is 10.2 Å². The summed E-state index contributed by atoms with van der Waals surface area (Å²) in [4.78, 5) is 11.8. The molecule has 4 heterocycles. The quantitative estimate of drug-likeness (QED) is 0.431. The Kier molecular flexibility index (Phi) is 4.48. The first-order valence-electron chi connectivity index (χ1n) is 8.28. The lowest BCUT2D eigenvalue weighted by molar-refractivity contribution is 0.0855. The Labute approximate surface area is 170 Å². The highest BCUT2D eigenvalue weighted by Gasteiger charge is 2.49. The van der Waals surface area contributed by atoms with Gasteiger partial charge < -0.3 is 9.55 Å². The van der Waals surface area contributed by atoms with Crippen molar-refractivity contribution in [2.24, 2.45) is 0 Å². The summed E-state index contributed by atoms with van der Waals surface area (Å²) in [5.41, 5.74) is 3.02. The van der Waals surface area contributed by atoms with Gasteiger partial charge in [-0.2, -0.15) is 9.57 Å². The predicted octanol–water partition coefficient (Wildman–Crippen LogP) is 2.38. The maximum atomic E-state index is 12.1. The van der Waals surface area contributed by atoms with Crippen LogP contribution in [0.2, 0.25) is 0 Å². The van der Waals surface area contributed by atoms with Gasteiger partial charge in [-0.3, -0.25) is 0 Å². The molecule has 4 rings (SSSR count). The minimum atomic E-state index is -3.26. The highest BCUT2D eigenvalue weighted by atomic mass is 127. The fourth-order valence-corrected chi connectivity index (χ4v) is 5.75. The van der Waals surface area contributed by atoms with Crippen LogP contribution in [0.1, 0.15) is 12.0 Å². The predicted molar refractivity (Wildman–Crippen MR) is 110 cm³/mol. The Morgan fingerprint density at radius 3 is 2.85 bits per heavy atom. The van der Waals surface area contributed by atoms with Crippen LogP contribution < -0.4 is 0 Å². The van der Waals surface area contributed by atoms with Gasteiger partial charge in [0.1, 0.15) is 15.7 Å². The van der Waals surface area contributed by atoms with Gasteiger partial charge in [-0.25, -0.2) is 18.4 Å². The molecule has 0 bridgehead atoms. The molecule has 140 valence electrons. The number of sulfonamides is 1. The Hall–Kier alpha value is -1.97. The molecule has 8 nitrogen and oxygen atoms in total. The number of hydrogen-bond acceptors (Lipinski definition) is 5. The van der Waals surface area contributed by atoms with Crippen molar-refractivity contribution in [3.63, 3.8) is 0 Å². The number of H-pyrrole nitrogens is 1. The maximum Gasteiger partial charge on any atom is 0.223 e. The van der Waals surface area contributed by atoms with Gasteiger partial charge >= 0.3 is 0 Å². The molecule has 0 atom stereocenters. The molecule has 3 aromatic heterocycles.